The fourth-order valence-corrected chi connectivity index (χ4v) is 2.95. The molecular formula is C14H22N2O3S. The number of carbonyl (C=O) groups is 1. The summed E-state index contributed by atoms with van der Waals surface area (Å²) in [5.41, 5.74) is 0.414. The summed E-state index contributed by atoms with van der Waals surface area (Å²) in [7, 11) is 0. The largest absolute Gasteiger partial charge is 0.391 e. The van der Waals surface area contributed by atoms with Crippen LogP contribution in [0, 0.1) is 5.92 Å². The molecule has 2 heterocycles. The van der Waals surface area contributed by atoms with Crippen molar-refractivity contribution in [1.82, 2.24) is 10.3 Å². The Kier molecular flexibility index (Phi) is 5.51. The molecule has 3 unspecified atom stereocenters. The fourth-order valence-electron chi connectivity index (χ4n) is 2.07. The first-order chi connectivity index (χ1) is 9.61. The number of amides is 1. The molecule has 6 heteroatoms. The van der Waals surface area contributed by atoms with Crippen LogP contribution in [0.3, 0.4) is 0 Å². The highest BCUT2D eigenvalue weighted by Crippen LogP contribution is 2.30. The van der Waals surface area contributed by atoms with Crippen molar-refractivity contribution in [3.05, 3.63) is 16.1 Å². The number of rotatable bonds is 6. The average molecular weight is 298 g/mol. The lowest BCUT2D eigenvalue weighted by molar-refractivity contribution is 0.0844. The van der Waals surface area contributed by atoms with Gasteiger partial charge in [0.15, 0.2) is 0 Å². The van der Waals surface area contributed by atoms with Gasteiger partial charge in [-0.3, -0.25) is 4.79 Å². The van der Waals surface area contributed by atoms with E-state index < -0.39 is 6.10 Å². The zero-order chi connectivity index (χ0) is 14.5. The normalized spacial score (nSPS) is 21.6. The van der Waals surface area contributed by atoms with Crippen molar-refractivity contribution < 1.29 is 14.6 Å². The van der Waals surface area contributed by atoms with Crippen molar-refractivity contribution >= 4 is 17.2 Å². The van der Waals surface area contributed by atoms with E-state index in [1.54, 1.807) is 5.38 Å². The summed E-state index contributed by atoms with van der Waals surface area (Å²) in [6.07, 6.45) is 2.44. The SMILES string of the molecule is CCC(C)C(O)CNC(=O)c1csc(C2CCCO2)n1. The van der Waals surface area contributed by atoms with Gasteiger partial charge in [-0.25, -0.2) is 4.98 Å². The molecule has 0 aromatic carbocycles. The monoisotopic (exact) mass is 298 g/mol. The maximum atomic E-state index is 12.0. The van der Waals surface area contributed by atoms with Crippen LogP contribution in [0.1, 0.15) is 54.7 Å². The minimum Gasteiger partial charge on any atom is -0.391 e. The summed E-state index contributed by atoms with van der Waals surface area (Å²) < 4.78 is 5.55. The van der Waals surface area contributed by atoms with Crippen LogP contribution in [-0.2, 0) is 4.74 Å². The Labute approximate surface area is 123 Å². The lowest BCUT2D eigenvalue weighted by Crippen LogP contribution is -2.35. The van der Waals surface area contributed by atoms with E-state index >= 15 is 0 Å². The molecule has 3 atom stereocenters. The van der Waals surface area contributed by atoms with E-state index in [0.29, 0.717) is 5.69 Å². The Bertz CT molecular complexity index is 443. The van der Waals surface area contributed by atoms with Crippen LogP contribution in [-0.4, -0.2) is 35.3 Å². The molecule has 2 rings (SSSR count). The van der Waals surface area contributed by atoms with Gasteiger partial charge in [0.25, 0.3) is 5.91 Å². The number of hydrogen-bond donors (Lipinski definition) is 2. The van der Waals surface area contributed by atoms with Gasteiger partial charge in [0.05, 0.1) is 6.10 Å². The maximum Gasteiger partial charge on any atom is 0.270 e. The van der Waals surface area contributed by atoms with Gasteiger partial charge >= 0.3 is 0 Å². The second-order valence-electron chi connectivity index (χ2n) is 5.24. The number of carbonyl (C=O) groups excluding carboxylic acids is 1. The van der Waals surface area contributed by atoms with Gasteiger partial charge in [-0.2, -0.15) is 0 Å². The molecule has 1 fully saturated rings. The van der Waals surface area contributed by atoms with Crippen LogP contribution in [0.4, 0.5) is 0 Å². The van der Waals surface area contributed by atoms with E-state index in [1.165, 1.54) is 11.3 Å². The number of thiazole rings is 1. The molecule has 0 radical (unpaired) electrons. The molecule has 20 heavy (non-hydrogen) atoms. The van der Waals surface area contributed by atoms with E-state index in [2.05, 4.69) is 10.3 Å². The van der Waals surface area contributed by atoms with Crippen molar-refractivity contribution in [2.45, 2.75) is 45.3 Å². The number of nitrogens with one attached hydrogen (secondary N) is 1. The number of ether oxygens (including phenoxy) is 1. The Morgan fingerprint density at radius 1 is 1.70 bits per heavy atom. The van der Waals surface area contributed by atoms with Crippen molar-refractivity contribution in [1.29, 1.82) is 0 Å². The van der Waals surface area contributed by atoms with Gasteiger partial charge < -0.3 is 15.2 Å². The first-order valence-electron chi connectivity index (χ1n) is 7.15. The standard InChI is InChI=1S/C14H22N2O3S/c1-3-9(2)11(17)7-15-13(18)10-8-20-14(16-10)12-5-4-6-19-12/h8-9,11-12,17H,3-7H2,1-2H3,(H,15,18). The van der Waals surface area contributed by atoms with Crippen LogP contribution in [0.5, 0.6) is 0 Å². The molecule has 1 aliphatic heterocycles. The molecule has 2 N–H and O–H groups in total. The molecule has 1 amide bonds. The van der Waals surface area contributed by atoms with Crippen LogP contribution in [0.2, 0.25) is 0 Å². The van der Waals surface area contributed by atoms with Crippen LogP contribution in [0.15, 0.2) is 5.38 Å². The third kappa shape index (κ3) is 3.77. The number of aromatic nitrogens is 1. The predicted octanol–water partition coefficient (Wildman–Crippen LogP) is 2.13. The van der Waals surface area contributed by atoms with Crippen LogP contribution >= 0.6 is 11.3 Å². The van der Waals surface area contributed by atoms with E-state index in [-0.39, 0.29) is 24.5 Å². The summed E-state index contributed by atoms with van der Waals surface area (Å²) >= 11 is 1.46. The number of aliphatic hydroxyl groups excluding tert-OH is 1. The van der Waals surface area contributed by atoms with Gasteiger partial charge in [0, 0.05) is 18.5 Å². The second-order valence-corrected chi connectivity index (χ2v) is 6.13. The Morgan fingerprint density at radius 3 is 3.15 bits per heavy atom. The number of aliphatic hydroxyl groups is 1. The van der Waals surface area contributed by atoms with Crippen molar-refractivity contribution in [2.75, 3.05) is 13.2 Å². The van der Waals surface area contributed by atoms with Gasteiger partial charge in [0.1, 0.15) is 16.8 Å². The molecule has 0 spiro atoms. The predicted molar refractivity (Wildman–Crippen MR) is 77.8 cm³/mol. The highest BCUT2D eigenvalue weighted by atomic mass is 32.1. The highest BCUT2D eigenvalue weighted by molar-refractivity contribution is 7.09. The lowest BCUT2D eigenvalue weighted by atomic mass is 10.0. The van der Waals surface area contributed by atoms with Crippen molar-refractivity contribution in [3.63, 3.8) is 0 Å². The average Bonchev–Trinajstić information content (AvgIpc) is 3.12. The van der Waals surface area contributed by atoms with E-state index in [9.17, 15) is 9.90 Å². The van der Waals surface area contributed by atoms with Crippen LogP contribution < -0.4 is 5.32 Å². The Morgan fingerprint density at radius 2 is 2.50 bits per heavy atom. The van der Waals surface area contributed by atoms with Gasteiger partial charge in [-0.1, -0.05) is 20.3 Å². The van der Waals surface area contributed by atoms with Gasteiger partial charge in [-0.05, 0) is 18.8 Å². The molecule has 112 valence electrons. The zero-order valence-electron chi connectivity index (χ0n) is 12.0. The molecule has 0 aliphatic carbocycles. The second kappa shape index (κ2) is 7.15. The Balaban J connectivity index is 1.86. The number of nitrogens with zero attached hydrogens (tertiary/aromatic N) is 1. The van der Waals surface area contributed by atoms with E-state index in [4.69, 9.17) is 4.74 Å². The molecule has 0 saturated carbocycles. The third-order valence-electron chi connectivity index (χ3n) is 3.73. The van der Waals surface area contributed by atoms with E-state index in [1.807, 2.05) is 13.8 Å². The van der Waals surface area contributed by atoms with E-state index in [0.717, 1.165) is 30.9 Å². The zero-order valence-corrected chi connectivity index (χ0v) is 12.8. The quantitative estimate of drug-likeness (QED) is 0.844. The molecule has 1 saturated heterocycles. The molecule has 1 aliphatic rings. The highest BCUT2D eigenvalue weighted by Gasteiger charge is 2.22. The van der Waals surface area contributed by atoms with Gasteiger partial charge in [-0.15, -0.1) is 11.3 Å². The molecular weight excluding hydrogens is 276 g/mol. The minimum absolute atomic E-state index is 0.0484. The topological polar surface area (TPSA) is 71.5 Å². The minimum atomic E-state index is -0.514. The summed E-state index contributed by atoms with van der Waals surface area (Å²) in [5.74, 6) is -0.0546. The van der Waals surface area contributed by atoms with Crippen molar-refractivity contribution in [3.8, 4) is 0 Å². The van der Waals surface area contributed by atoms with Gasteiger partial charge in [0.2, 0.25) is 0 Å². The fraction of sp³-hybridized carbons (Fsp3) is 0.714. The molecule has 0 bridgehead atoms. The Hall–Kier alpha value is -0.980. The molecule has 1 aromatic rings. The van der Waals surface area contributed by atoms with Crippen LogP contribution in [0.25, 0.3) is 0 Å². The lowest BCUT2D eigenvalue weighted by Gasteiger charge is -2.17. The molecule has 1 aromatic heterocycles. The summed E-state index contributed by atoms with van der Waals surface area (Å²) in [4.78, 5) is 16.3. The first-order valence-corrected chi connectivity index (χ1v) is 8.03. The maximum absolute atomic E-state index is 12.0. The smallest absolute Gasteiger partial charge is 0.270 e. The number of hydrogen-bond acceptors (Lipinski definition) is 5. The summed E-state index contributed by atoms with van der Waals surface area (Å²) in [6.45, 7) is 5.02. The van der Waals surface area contributed by atoms with Crippen molar-refractivity contribution in [2.24, 2.45) is 5.92 Å². The summed E-state index contributed by atoms with van der Waals surface area (Å²) in [6, 6.07) is 0. The summed E-state index contributed by atoms with van der Waals surface area (Å²) in [5, 5.41) is 15.2. The first kappa shape index (κ1) is 15.4. The third-order valence-corrected chi connectivity index (χ3v) is 4.67. The molecule has 5 nitrogen and oxygen atoms in total.